The summed E-state index contributed by atoms with van der Waals surface area (Å²) in [6, 6.07) is -0.171. The molecule has 3 rings (SSSR count). The molecule has 2 aliphatic rings. The van der Waals surface area contributed by atoms with Gasteiger partial charge in [-0.3, -0.25) is 14.2 Å². The van der Waals surface area contributed by atoms with Gasteiger partial charge in [0, 0.05) is 32.2 Å². The lowest BCUT2D eigenvalue weighted by Gasteiger charge is -2.33. The van der Waals surface area contributed by atoms with Crippen LogP contribution in [0.1, 0.15) is 31.5 Å². The summed E-state index contributed by atoms with van der Waals surface area (Å²) < 4.78 is 8.04. The maximum Gasteiger partial charge on any atom is 0.346 e. The second-order valence-electron chi connectivity index (χ2n) is 6.22. The third-order valence-electron chi connectivity index (χ3n) is 4.57. The summed E-state index contributed by atoms with van der Waals surface area (Å²) in [6.07, 6.45) is 3.85. The summed E-state index contributed by atoms with van der Waals surface area (Å²) >= 11 is 0. The zero-order valence-electron chi connectivity index (χ0n) is 13.5. The summed E-state index contributed by atoms with van der Waals surface area (Å²) in [6.45, 7) is 1.05. The van der Waals surface area contributed by atoms with Crippen LogP contribution in [0, 0.1) is 0 Å². The van der Waals surface area contributed by atoms with Gasteiger partial charge in [0.25, 0.3) is 0 Å². The van der Waals surface area contributed by atoms with Crippen LogP contribution < -0.4 is 5.69 Å². The summed E-state index contributed by atoms with van der Waals surface area (Å²) in [5.74, 6) is -0.747. The van der Waals surface area contributed by atoms with Crippen molar-refractivity contribution in [3.05, 3.63) is 16.3 Å². The fraction of sp³-hybridized carbons (Fsp3) is 0.733. The van der Waals surface area contributed by atoms with Crippen molar-refractivity contribution in [2.45, 2.75) is 51.2 Å². The summed E-state index contributed by atoms with van der Waals surface area (Å²) in [5, 5.41) is 13.3. The minimum absolute atomic E-state index is 0.171. The number of amides is 1. The monoisotopic (exact) mass is 338 g/mol. The maximum atomic E-state index is 12.6. The minimum Gasteiger partial charge on any atom is -0.480 e. The molecule has 9 nitrogen and oxygen atoms in total. The lowest BCUT2D eigenvalue weighted by Crippen LogP contribution is -2.48. The molecule has 0 unspecified atom stereocenters. The first-order valence-electron chi connectivity index (χ1n) is 8.32. The van der Waals surface area contributed by atoms with Crippen LogP contribution in [0.2, 0.25) is 0 Å². The van der Waals surface area contributed by atoms with Gasteiger partial charge in [0.15, 0.2) is 0 Å². The van der Waals surface area contributed by atoms with Crippen LogP contribution in [0.5, 0.6) is 0 Å². The maximum absolute atomic E-state index is 12.6. The number of carboxylic acids is 1. The lowest BCUT2D eigenvalue weighted by atomic mass is 10.1. The summed E-state index contributed by atoms with van der Waals surface area (Å²) in [7, 11) is 0. The van der Waals surface area contributed by atoms with E-state index in [1.165, 1.54) is 4.90 Å². The van der Waals surface area contributed by atoms with E-state index >= 15 is 0 Å². The van der Waals surface area contributed by atoms with E-state index in [0.717, 1.165) is 23.9 Å². The Morgan fingerprint density at radius 2 is 2.04 bits per heavy atom. The highest BCUT2D eigenvalue weighted by molar-refractivity contribution is 5.81. The predicted octanol–water partition coefficient (Wildman–Crippen LogP) is -0.527. The highest BCUT2D eigenvalue weighted by Gasteiger charge is 2.29. The van der Waals surface area contributed by atoms with E-state index in [-0.39, 0.29) is 30.7 Å². The summed E-state index contributed by atoms with van der Waals surface area (Å²) in [5.41, 5.74) is -0.291. The zero-order valence-corrected chi connectivity index (χ0v) is 13.5. The molecule has 1 amide bonds. The third kappa shape index (κ3) is 3.50. The highest BCUT2D eigenvalue weighted by atomic mass is 16.5. The fourth-order valence-electron chi connectivity index (χ4n) is 3.33. The molecule has 1 aromatic rings. The van der Waals surface area contributed by atoms with Crippen molar-refractivity contribution in [1.29, 1.82) is 0 Å². The van der Waals surface area contributed by atoms with Gasteiger partial charge in [0.1, 0.15) is 18.9 Å². The molecule has 3 heterocycles. The molecule has 132 valence electrons. The molecule has 0 saturated carbocycles. The number of ether oxygens (including phenoxy) is 1. The van der Waals surface area contributed by atoms with E-state index in [0.29, 0.717) is 38.4 Å². The lowest BCUT2D eigenvalue weighted by molar-refractivity contribution is -0.148. The van der Waals surface area contributed by atoms with Gasteiger partial charge < -0.3 is 14.7 Å². The summed E-state index contributed by atoms with van der Waals surface area (Å²) in [4.78, 5) is 37.4. The van der Waals surface area contributed by atoms with E-state index in [2.05, 4.69) is 5.10 Å². The average molecular weight is 338 g/mol. The molecule has 24 heavy (non-hydrogen) atoms. The van der Waals surface area contributed by atoms with Crippen molar-refractivity contribution in [2.24, 2.45) is 0 Å². The Morgan fingerprint density at radius 1 is 1.29 bits per heavy atom. The van der Waals surface area contributed by atoms with Crippen molar-refractivity contribution in [1.82, 2.24) is 19.2 Å². The molecular formula is C15H22N4O5. The number of fused-ring (bicyclic) bond motifs is 1. The van der Waals surface area contributed by atoms with Gasteiger partial charge in [-0.1, -0.05) is 0 Å². The number of aryl methyl sites for hydroxylation is 1. The Bertz CT molecular complexity index is 674. The van der Waals surface area contributed by atoms with Crippen LogP contribution in [0.15, 0.2) is 4.79 Å². The van der Waals surface area contributed by atoms with Gasteiger partial charge in [0.05, 0.1) is 0 Å². The van der Waals surface area contributed by atoms with E-state index in [4.69, 9.17) is 9.84 Å². The normalized spacial score (nSPS) is 18.2. The Morgan fingerprint density at radius 3 is 2.71 bits per heavy atom. The van der Waals surface area contributed by atoms with Crippen molar-refractivity contribution in [3.8, 4) is 0 Å². The molecule has 0 spiro atoms. The SMILES string of the molecule is O=C(O)CN(C(=O)Cn1nc2n(c1=O)CCCC2)C1CCOCC1. The van der Waals surface area contributed by atoms with Gasteiger partial charge in [-0.05, 0) is 25.7 Å². The zero-order chi connectivity index (χ0) is 17.1. The number of hydrogen-bond donors (Lipinski definition) is 1. The highest BCUT2D eigenvalue weighted by Crippen LogP contribution is 2.15. The Kier molecular flexibility index (Phi) is 4.98. The van der Waals surface area contributed by atoms with Gasteiger partial charge >= 0.3 is 11.7 Å². The Labute approximate surface area is 138 Å². The molecule has 9 heteroatoms. The van der Waals surface area contributed by atoms with E-state index in [9.17, 15) is 14.4 Å². The predicted molar refractivity (Wildman–Crippen MR) is 82.6 cm³/mol. The molecule has 0 aromatic carbocycles. The smallest absolute Gasteiger partial charge is 0.346 e. The van der Waals surface area contributed by atoms with Crippen LogP contribution in [-0.4, -0.2) is 62.0 Å². The molecular weight excluding hydrogens is 316 g/mol. The van der Waals surface area contributed by atoms with Crippen molar-refractivity contribution < 1.29 is 19.4 Å². The number of aliphatic carboxylic acids is 1. The first kappa shape index (κ1) is 16.7. The van der Waals surface area contributed by atoms with Crippen molar-refractivity contribution in [3.63, 3.8) is 0 Å². The van der Waals surface area contributed by atoms with Gasteiger partial charge in [-0.25, -0.2) is 9.48 Å². The number of carboxylic acid groups (broad SMARTS) is 1. The number of carbonyl (C=O) groups excluding carboxylic acids is 1. The number of carbonyl (C=O) groups is 2. The molecule has 0 radical (unpaired) electrons. The van der Waals surface area contributed by atoms with Crippen LogP contribution in [0.25, 0.3) is 0 Å². The first-order valence-corrected chi connectivity index (χ1v) is 8.32. The minimum atomic E-state index is -1.06. The topological polar surface area (TPSA) is 107 Å². The Hall–Kier alpha value is -2.16. The molecule has 1 N–H and O–H groups in total. The molecule has 0 aliphatic carbocycles. The Balaban J connectivity index is 1.76. The molecule has 0 bridgehead atoms. The van der Waals surface area contributed by atoms with Crippen LogP contribution in [0.3, 0.4) is 0 Å². The van der Waals surface area contributed by atoms with E-state index < -0.39 is 5.97 Å². The number of nitrogens with zero attached hydrogens (tertiary/aromatic N) is 4. The average Bonchev–Trinajstić information content (AvgIpc) is 2.89. The molecule has 1 aromatic heterocycles. The number of rotatable bonds is 5. The largest absolute Gasteiger partial charge is 0.480 e. The van der Waals surface area contributed by atoms with E-state index in [1.54, 1.807) is 4.57 Å². The molecule has 0 atom stereocenters. The standard InChI is InChI=1S/C15H22N4O5/c20-13(18(10-14(21)22)11-4-7-24-8-5-11)9-19-15(23)17-6-2-1-3-12(17)16-19/h11H,1-10H2,(H,21,22). The number of aromatic nitrogens is 3. The first-order chi connectivity index (χ1) is 11.6. The van der Waals surface area contributed by atoms with Crippen LogP contribution in [-0.2, 0) is 33.8 Å². The van der Waals surface area contributed by atoms with Gasteiger partial charge in [-0.2, -0.15) is 5.10 Å². The molecule has 1 saturated heterocycles. The van der Waals surface area contributed by atoms with Gasteiger partial charge in [0.2, 0.25) is 5.91 Å². The van der Waals surface area contributed by atoms with Crippen LogP contribution in [0.4, 0.5) is 0 Å². The molecule has 2 aliphatic heterocycles. The third-order valence-corrected chi connectivity index (χ3v) is 4.57. The van der Waals surface area contributed by atoms with Crippen molar-refractivity contribution >= 4 is 11.9 Å². The van der Waals surface area contributed by atoms with Gasteiger partial charge in [-0.15, -0.1) is 0 Å². The second kappa shape index (κ2) is 7.16. The van der Waals surface area contributed by atoms with E-state index in [1.807, 2.05) is 0 Å². The number of hydrogen-bond acceptors (Lipinski definition) is 5. The molecule has 1 fully saturated rings. The van der Waals surface area contributed by atoms with Crippen LogP contribution >= 0.6 is 0 Å². The quantitative estimate of drug-likeness (QED) is 0.774. The van der Waals surface area contributed by atoms with Crippen molar-refractivity contribution in [2.75, 3.05) is 19.8 Å². The fourth-order valence-corrected chi connectivity index (χ4v) is 3.33. The second-order valence-corrected chi connectivity index (χ2v) is 6.22.